The van der Waals surface area contributed by atoms with Crippen LogP contribution in [0.25, 0.3) is 0 Å². The molecule has 1 aliphatic rings. The molecular weight excluding hydrogens is 268 g/mol. The van der Waals surface area contributed by atoms with E-state index in [0.717, 1.165) is 43.1 Å². The van der Waals surface area contributed by atoms with Gasteiger partial charge in [0.1, 0.15) is 12.2 Å². The monoisotopic (exact) mass is 286 g/mol. The Balaban J connectivity index is 1.72. The van der Waals surface area contributed by atoms with Crippen molar-refractivity contribution >= 4 is 5.97 Å². The summed E-state index contributed by atoms with van der Waals surface area (Å²) in [5.74, 6) is 0.785. The van der Waals surface area contributed by atoms with Crippen molar-refractivity contribution in [3.05, 3.63) is 47.5 Å². The number of hydrogen-bond donors (Lipinski definition) is 0. The van der Waals surface area contributed by atoms with Crippen LogP contribution in [0, 0.1) is 0 Å². The van der Waals surface area contributed by atoms with E-state index < -0.39 is 0 Å². The van der Waals surface area contributed by atoms with Crippen LogP contribution < -0.4 is 0 Å². The van der Waals surface area contributed by atoms with Gasteiger partial charge in [-0.25, -0.2) is 0 Å². The van der Waals surface area contributed by atoms with Gasteiger partial charge in [-0.15, -0.1) is 10.2 Å². The van der Waals surface area contributed by atoms with E-state index in [1.54, 1.807) is 6.33 Å². The Labute approximate surface area is 123 Å². The molecule has 21 heavy (non-hydrogen) atoms. The van der Waals surface area contributed by atoms with Crippen molar-refractivity contribution in [3.63, 3.8) is 0 Å². The first-order valence-corrected chi connectivity index (χ1v) is 6.99. The van der Waals surface area contributed by atoms with Gasteiger partial charge in [-0.3, -0.25) is 9.69 Å². The number of esters is 1. The molecule has 0 unspecified atom stereocenters. The lowest BCUT2D eigenvalue weighted by Crippen LogP contribution is -2.33. The summed E-state index contributed by atoms with van der Waals surface area (Å²) in [5.41, 5.74) is 2.19. The van der Waals surface area contributed by atoms with E-state index in [0.29, 0.717) is 6.42 Å². The number of carbonyl (C=O) groups is 1. The lowest BCUT2D eigenvalue weighted by Gasteiger charge is -2.27. The van der Waals surface area contributed by atoms with E-state index in [9.17, 15) is 4.79 Å². The first kappa shape index (κ1) is 13.8. The van der Waals surface area contributed by atoms with Crippen molar-refractivity contribution in [1.29, 1.82) is 0 Å². The van der Waals surface area contributed by atoms with Gasteiger partial charge in [0.15, 0.2) is 0 Å². The molecule has 1 aromatic carbocycles. The summed E-state index contributed by atoms with van der Waals surface area (Å²) >= 11 is 0. The minimum atomic E-state index is -0.208. The normalized spacial score (nSPS) is 14.7. The SMILES string of the molecule is COC(=O)Cc1ccccc1CN1CCn2cnnc2C1. The Hall–Kier alpha value is -2.21. The maximum Gasteiger partial charge on any atom is 0.309 e. The van der Waals surface area contributed by atoms with Crippen LogP contribution in [0.15, 0.2) is 30.6 Å². The Bertz CT molecular complexity index is 638. The van der Waals surface area contributed by atoms with Gasteiger partial charge in [-0.1, -0.05) is 24.3 Å². The zero-order valence-electron chi connectivity index (χ0n) is 12.0. The summed E-state index contributed by atoms with van der Waals surface area (Å²) < 4.78 is 6.84. The first-order chi connectivity index (χ1) is 10.3. The smallest absolute Gasteiger partial charge is 0.309 e. The Morgan fingerprint density at radius 2 is 2.10 bits per heavy atom. The number of benzene rings is 1. The van der Waals surface area contributed by atoms with Crippen LogP contribution in [-0.4, -0.2) is 39.3 Å². The van der Waals surface area contributed by atoms with Crippen LogP contribution in [0.2, 0.25) is 0 Å². The number of ether oxygens (including phenoxy) is 1. The maximum atomic E-state index is 11.5. The van der Waals surface area contributed by atoms with Gasteiger partial charge in [-0.2, -0.15) is 0 Å². The Kier molecular flexibility index (Phi) is 3.96. The number of carbonyl (C=O) groups excluding carboxylic acids is 1. The predicted molar refractivity (Wildman–Crippen MR) is 76.3 cm³/mol. The molecule has 1 aromatic heterocycles. The third kappa shape index (κ3) is 3.11. The minimum Gasteiger partial charge on any atom is -0.469 e. The van der Waals surface area contributed by atoms with Crippen LogP contribution in [-0.2, 0) is 35.6 Å². The highest BCUT2D eigenvalue weighted by molar-refractivity contribution is 5.72. The van der Waals surface area contributed by atoms with E-state index >= 15 is 0 Å². The fourth-order valence-corrected chi connectivity index (χ4v) is 2.60. The second-order valence-electron chi connectivity index (χ2n) is 5.17. The topological polar surface area (TPSA) is 60.2 Å². The van der Waals surface area contributed by atoms with Gasteiger partial charge >= 0.3 is 5.97 Å². The van der Waals surface area contributed by atoms with E-state index in [1.807, 2.05) is 18.2 Å². The van der Waals surface area contributed by atoms with E-state index in [4.69, 9.17) is 4.74 Å². The van der Waals surface area contributed by atoms with Crippen molar-refractivity contribution in [2.24, 2.45) is 0 Å². The van der Waals surface area contributed by atoms with Crippen molar-refractivity contribution < 1.29 is 9.53 Å². The maximum absolute atomic E-state index is 11.5. The molecule has 0 saturated heterocycles. The Morgan fingerprint density at radius 1 is 1.29 bits per heavy atom. The van der Waals surface area contributed by atoms with Gasteiger partial charge in [0.2, 0.25) is 0 Å². The molecule has 0 N–H and O–H groups in total. The molecule has 0 atom stereocenters. The lowest BCUT2D eigenvalue weighted by atomic mass is 10.0. The van der Waals surface area contributed by atoms with Crippen molar-refractivity contribution in [2.75, 3.05) is 13.7 Å². The number of hydrogen-bond acceptors (Lipinski definition) is 5. The fourth-order valence-electron chi connectivity index (χ4n) is 2.60. The van der Waals surface area contributed by atoms with Crippen LogP contribution in [0.5, 0.6) is 0 Å². The molecule has 0 aliphatic carbocycles. The van der Waals surface area contributed by atoms with Crippen molar-refractivity contribution in [3.8, 4) is 0 Å². The second-order valence-corrected chi connectivity index (χ2v) is 5.17. The third-order valence-corrected chi connectivity index (χ3v) is 3.79. The first-order valence-electron chi connectivity index (χ1n) is 6.99. The standard InChI is InChI=1S/C15H18N4O2/c1-21-15(20)8-12-4-2-3-5-13(12)9-18-6-7-19-11-16-17-14(19)10-18/h2-5,11H,6-10H2,1H3. The molecule has 2 heterocycles. The minimum absolute atomic E-state index is 0.208. The van der Waals surface area contributed by atoms with E-state index in [2.05, 4.69) is 25.7 Å². The average molecular weight is 286 g/mol. The number of nitrogens with zero attached hydrogens (tertiary/aromatic N) is 4. The second kappa shape index (κ2) is 6.05. The molecule has 2 aromatic rings. The van der Waals surface area contributed by atoms with E-state index in [-0.39, 0.29) is 5.97 Å². The molecule has 6 nitrogen and oxygen atoms in total. The van der Waals surface area contributed by atoms with Crippen LogP contribution in [0.3, 0.4) is 0 Å². The highest BCUT2D eigenvalue weighted by Gasteiger charge is 2.18. The zero-order valence-corrected chi connectivity index (χ0v) is 12.0. The van der Waals surface area contributed by atoms with Gasteiger partial charge in [0, 0.05) is 19.6 Å². The van der Waals surface area contributed by atoms with Gasteiger partial charge in [0.25, 0.3) is 0 Å². The number of methoxy groups -OCH3 is 1. The highest BCUT2D eigenvalue weighted by atomic mass is 16.5. The number of rotatable bonds is 4. The zero-order chi connectivity index (χ0) is 14.7. The van der Waals surface area contributed by atoms with Crippen LogP contribution >= 0.6 is 0 Å². The molecule has 0 radical (unpaired) electrons. The quantitative estimate of drug-likeness (QED) is 0.785. The number of aromatic nitrogens is 3. The molecule has 6 heteroatoms. The molecule has 0 amide bonds. The van der Waals surface area contributed by atoms with Crippen LogP contribution in [0.4, 0.5) is 0 Å². The summed E-state index contributed by atoms with van der Waals surface area (Å²) in [7, 11) is 1.42. The third-order valence-electron chi connectivity index (χ3n) is 3.79. The molecule has 0 bridgehead atoms. The lowest BCUT2D eigenvalue weighted by molar-refractivity contribution is -0.139. The number of fused-ring (bicyclic) bond motifs is 1. The average Bonchev–Trinajstić information content (AvgIpc) is 2.96. The van der Waals surface area contributed by atoms with Crippen molar-refractivity contribution in [2.45, 2.75) is 26.1 Å². The largest absolute Gasteiger partial charge is 0.469 e. The highest BCUT2D eigenvalue weighted by Crippen LogP contribution is 2.17. The summed E-state index contributed by atoms with van der Waals surface area (Å²) in [6, 6.07) is 8.01. The molecule has 3 rings (SSSR count). The summed E-state index contributed by atoms with van der Waals surface area (Å²) in [6.07, 6.45) is 2.09. The Morgan fingerprint density at radius 3 is 2.90 bits per heavy atom. The molecule has 110 valence electrons. The van der Waals surface area contributed by atoms with Crippen LogP contribution in [0.1, 0.15) is 17.0 Å². The van der Waals surface area contributed by atoms with Crippen molar-refractivity contribution in [1.82, 2.24) is 19.7 Å². The van der Waals surface area contributed by atoms with Gasteiger partial charge < -0.3 is 9.30 Å². The summed E-state index contributed by atoms with van der Waals surface area (Å²) in [4.78, 5) is 13.8. The molecule has 0 fully saturated rings. The fraction of sp³-hybridized carbons (Fsp3) is 0.400. The van der Waals surface area contributed by atoms with Gasteiger partial charge in [0.05, 0.1) is 20.1 Å². The molecule has 1 aliphatic heterocycles. The van der Waals surface area contributed by atoms with Gasteiger partial charge in [-0.05, 0) is 11.1 Å². The molecule has 0 saturated carbocycles. The predicted octanol–water partition coefficient (Wildman–Crippen LogP) is 1.01. The molecule has 0 spiro atoms. The summed E-state index contributed by atoms with van der Waals surface area (Å²) in [5, 5.41) is 8.07. The summed E-state index contributed by atoms with van der Waals surface area (Å²) in [6.45, 7) is 3.45. The van der Waals surface area contributed by atoms with E-state index in [1.165, 1.54) is 7.11 Å². The molecular formula is C15H18N4O2.